The topological polar surface area (TPSA) is 78.0 Å². The zero-order valence-electron chi connectivity index (χ0n) is 15.0. The summed E-state index contributed by atoms with van der Waals surface area (Å²) in [6, 6.07) is 5.27. The van der Waals surface area contributed by atoms with Crippen LogP contribution in [-0.2, 0) is 10.8 Å². The second-order valence-corrected chi connectivity index (χ2v) is 7.79. The summed E-state index contributed by atoms with van der Waals surface area (Å²) >= 11 is 0. The van der Waals surface area contributed by atoms with Crippen LogP contribution in [0.3, 0.4) is 0 Å². The highest BCUT2D eigenvalue weighted by molar-refractivity contribution is 5.67. The quantitative estimate of drug-likeness (QED) is 0.550. The number of aromatic hydroxyl groups is 1. The zero-order valence-corrected chi connectivity index (χ0v) is 15.0. The molecule has 2 rings (SSSR count). The molecule has 0 atom stereocenters. The molecule has 2 aromatic rings. The molecule has 1 aromatic carbocycles. The standard InChI is InChI=1S/C18H23N5O/c1-17(2,3)11-8-9-13(24)12(10-11)20-22-16-14(19-7)15(21-23-16)18(4,5)6/h8-10,24H,1-6H3,(H,21,23). The van der Waals surface area contributed by atoms with E-state index < -0.39 is 0 Å². The van der Waals surface area contributed by atoms with Gasteiger partial charge in [-0.1, -0.05) is 47.6 Å². The maximum absolute atomic E-state index is 10.00. The Morgan fingerprint density at radius 2 is 1.75 bits per heavy atom. The highest BCUT2D eigenvalue weighted by atomic mass is 16.3. The van der Waals surface area contributed by atoms with E-state index in [2.05, 4.69) is 46.0 Å². The van der Waals surface area contributed by atoms with Crippen LogP contribution in [0.1, 0.15) is 52.8 Å². The summed E-state index contributed by atoms with van der Waals surface area (Å²) in [4.78, 5) is 3.53. The van der Waals surface area contributed by atoms with Crippen LogP contribution < -0.4 is 0 Å². The number of nitrogens with one attached hydrogen (secondary N) is 1. The van der Waals surface area contributed by atoms with Crippen LogP contribution in [0.15, 0.2) is 28.4 Å². The fourth-order valence-electron chi connectivity index (χ4n) is 2.20. The van der Waals surface area contributed by atoms with Gasteiger partial charge < -0.3 is 5.11 Å². The van der Waals surface area contributed by atoms with Gasteiger partial charge in [-0.3, -0.25) is 5.10 Å². The average molecular weight is 325 g/mol. The number of aromatic amines is 1. The van der Waals surface area contributed by atoms with Gasteiger partial charge >= 0.3 is 0 Å². The molecule has 0 spiro atoms. The molecule has 0 fully saturated rings. The molecule has 1 aromatic heterocycles. The maximum atomic E-state index is 10.00. The van der Waals surface area contributed by atoms with Gasteiger partial charge in [-0.15, -0.1) is 10.2 Å². The van der Waals surface area contributed by atoms with E-state index in [1.165, 1.54) is 0 Å². The van der Waals surface area contributed by atoms with Crippen molar-refractivity contribution in [2.75, 3.05) is 0 Å². The van der Waals surface area contributed by atoms with Crippen LogP contribution >= 0.6 is 0 Å². The van der Waals surface area contributed by atoms with Crippen LogP contribution in [0.5, 0.6) is 5.75 Å². The van der Waals surface area contributed by atoms with E-state index in [-0.39, 0.29) is 22.4 Å². The van der Waals surface area contributed by atoms with Gasteiger partial charge in [-0.25, -0.2) is 4.85 Å². The first kappa shape index (κ1) is 17.7. The second-order valence-electron chi connectivity index (χ2n) is 7.79. The van der Waals surface area contributed by atoms with Crippen LogP contribution in [0.25, 0.3) is 4.85 Å². The van der Waals surface area contributed by atoms with Gasteiger partial charge in [0.05, 0.1) is 6.57 Å². The molecule has 0 unspecified atom stereocenters. The summed E-state index contributed by atoms with van der Waals surface area (Å²) in [5.41, 5.74) is 2.17. The monoisotopic (exact) mass is 325 g/mol. The van der Waals surface area contributed by atoms with Gasteiger partial charge in [0.25, 0.3) is 5.69 Å². The van der Waals surface area contributed by atoms with Crippen molar-refractivity contribution in [2.45, 2.75) is 52.4 Å². The van der Waals surface area contributed by atoms with Gasteiger partial charge in [0, 0.05) is 5.69 Å². The van der Waals surface area contributed by atoms with E-state index in [1.807, 2.05) is 26.8 Å². The number of phenols is 1. The lowest BCUT2D eigenvalue weighted by Gasteiger charge is -2.19. The number of H-pyrrole nitrogens is 1. The summed E-state index contributed by atoms with van der Waals surface area (Å²) in [5.74, 6) is 0.276. The number of hydrogen-bond donors (Lipinski definition) is 2. The predicted octanol–water partition coefficient (Wildman–Crippen LogP) is 5.68. The Morgan fingerprint density at radius 1 is 1.08 bits per heavy atom. The summed E-state index contributed by atoms with van der Waals surface area (Å²) < 4.78 is 0. The largest absolute Gasteiger partial charge is 0.506 e. The third kappa shape index (κ3) is 3.62. The molecular formula is C18H23N5O. The highest BCUT2D eigenvalue weighted by Gasteiger charge is 2.24. The normalized spacial score (nSPS) is 12.5. The number of azo groups is 1. The fourth-order valence-corrected chi connectivity index (χ4v) is 2.20. The molecule has 0 aliphatic heterocycles. The Kier molecular flexibility index (Phi) is 4.48. The molecular weight excluding hydrogens is 302 g/mol. The SMILES string of the molecule is [C-]#[N+]c1c(N=Nc2cc(C(C)(C)C)ccc2O)n[nH]c1C(C)(C)C. The molecule has 6 nitrogen and oxygen atoms in total. The molecule has 0 radical (unpaired) electrons. The molecule has 2 N–H and O–H groups in total. The number of rotatable bonds is 2. The molecule has 0 saturated carbocycles. The molecule has 1 heterocycles. The summed E-state index contributed by atoms with van der Waals surface area (Å²) in [6.07, 6.45) is 0. The van der Waals surface area contributed by atoms with Crippen molar-refractivity contribution >= 4 is 17.2 Å². The molecule has 126 valence electrons. The molecule has 0 amide bonds. The smallest absolute Gasteiger partial charge is 0.255 e. The Labute approximate surface area is 142 Å². The van der Waals surface area contributed by atoms with Gasteiger partial charge in [0.2, 0.25) is 5.82 Å². The van der Waals surface area contributed by atoms with E-state index >= 15 is 0 Å². The van der Waals surface area contributed by atoms with Gasteiger partial charge in [-0.2, -0.15) is 5.10 Å². The van der Waals surface area contributed by atoms with Crippen molar-refractivity contribution in [3.63, 3.8) is 0 Å². The van der Waals surface area contributed by atoms with Crippen molar-refractivity contribution < 1.29 is 5.11 Å². The van der Waals surface area contributed by atoms with Crippen molar-refractivity contribution in [3.8, 4) is 5.75 Å². The molecule has 0 aliphatic rings. The average Bonchev–Trinajstić information content (AvgIpc) is 2.88. The molecule has 6 heteroatoms. The van der Waals surface area contributed by atoms with Crippen molar-refractivity contribution in [3.05, 3.63) is 40.9 Å². The van der Waals surface area contributed by atoms with Crippen LogP contribution in [0, 0.1) is 6.57 Å². The molecule has 0 saturated heterocycles. The number of benzene rings is 1. The Hall–Kier alpha value is -2.68. The number of hydrogen-bond acceptors (Lipinski definition) is 4. The maximum Gasteiger partial charge on any atom is 0.255 e. The van der Waals surface area contributed by atoms with E-state index in [0.29, 0.717) is 11.4 Å². The van der Waals surface area contributed by atoms with Crippen molar-refractivity contribution in [1.82, 2.24) is 10.2 Å². The lowest BCUT2D eigenvalue weighted by molar-refractivity contribution is 0.475. The predicted molar refractivity (Wildman–Crippen MR) is 94.5 cm³/mol. The van der Waals surface area contributed by atoms with Crippen molar-refractivity contribution in [2.24, 2.45) is 10.2 Å². The number of aromatic nitrogens is 2. The summed E-state index contributed by atoms with van der Waals surface area (Å²) in [5, 5.41) is 25.1. The Morgan fingerprint density at radius 3 is 2.29 bits per heavy atom. The van der Waals surface area contributed by atoms with Gasteiger partial charge in [-0.05, 0) is 28.5 Å². The first-order chi connectivity index (χ1) is 11.0. The first-order valence-corrected chi connectivity index (χ1v) is 7.75. The minimum atomic E-state index is -0.241. The van der Waals surface area contributed by atoms with Gasteiger partial charge in [0.1, 0.15) is 11.4 Å². The minimum absolute atomic E-state index is 0.0442. The van der Waals surface area contributed by atoms with Gasteiger partial charge in [0.15, 0.2) is 0 Å². The molecule has 0 bridgehead atoms. The van der Waals surface area contributed by atoms with Crippen molar-refractivity contribution in [1.29, 1.82) is 0 Å². The lowest BCUT2D eigenvalue weighted by atomic mass is 9.87. The van der Waals surface area contributed by atoms with E-state index in [1.54, 1.807) is 12.1 Å². The van der Waals surface area contributed by atoms with E-state index in [4.69, 9.17) is 6.57 Å². The summed E-state index contributed by atoms with van der Waals surface area (Å²) in [6.45, 7) is 19.6. The Balaban J connectivity index is 2.43. The third-order valence-corrected chi connectivity index (χ3v) is 3.68. The second kappa shape index (κ2) is 6.08. The zero-order chi connectivity index (χ0) is 18.1. The minimum Gasteiger partial charge on any atom is -0.506 e. The Bertz CT molecular complexity index is 809. The van der Waals surface area contributed by atoms with E-state index in [0.717, 1.165) is 11.3 Å². The van der Waals surface area contributed by atoms with Crippen LogP contribution in [0.4, 0.5) is 17.2 Å². The first-order valence-electron chi connectivity index (χ1n) is 7.75. The van der Waals surface area contributed by atoms with Crippen LogP contribution in [0.2, 0.25) is 0 Å². The summed E-state index contributed by atoms with van der Waals surface area (Å²) in [7, 11) is 0. The number of nitrogens with zero attached hydrogens (tertiary/aromatic N) is 4. The lowest BCUT2D eigenvalue weighted by Crippen LogP contribution is -2.11. The van der Waals surface area contributed by atoms with Crippen LogP contribution in [-0.4, -0.2) is 15.3 Å². The third-order valence-electron chi connectivity index (χ3n) is 3.68. The molecule has 24 heavy (non-hydrogen) atoms. The fraction of sp³-hybridized carbons (Fsp3) is 0.444. The van der Waals surface area contributed by atoms with E-state index in [9.17, 15) is 5.11 Å². The number of phenolic OH excluding ortho intramolecular Hbond substituents is 1. The molecule has 0 aliphatic carbocycles. The highest BCUT2D eigenvalue weighted by Crippen LogP contribution is 2.38.